The van der Waals surface area contributed by atoms with Crippen LogP contribution in [-0.2, 0) is 20.9 Å². The molecule has 1 saturated heterocycles. The number of nitrogens with zero attached hydrogens (tertiary/aromatic N) is 1. The van der Waals surface area contributed by atoms with E-state index in [0.717, 1.165) is 67.5 Å². The summed E-state index contributed by atoms with van der Waals surface area (Å²) in [4.78, 5) is 15.0. The number of hydrogen-bond acceptors (Lipinski definition) is 5. The Kier molecular flexibility index (Phi) is 4.50. The van der Waals surface area contributed by atoms with Gasteiger partial charge in [0.05, 0.1) is 18.8 Å². The summed E-state index contributed by atoms with van der Waals surface area (Å²) in [6, 6.07) is 14.0. The molecule has 6 nitrogen and oxygen atoms in total. The fraction of sp³-hybridized carbons (Fsp3) is 0.318. The molecule has 0 saturated carbocycles. The molecule has 2 aromatic rings. The van der Waals surface area contributed by atoms with Crippen LogP contribution < -0.4 is 10.6 Å². The van der Waals surface area contributed by atoms with Gasteiger partial charge in [-0.05, 0) is 18.2 Å². The lowest BCUT2D eigenvalue weighted by molar-refractivity contribution is -0.110. The largest absolute Gasteiger partial charge is 0.487 e. The van der Waals surface area contributed by atoms with Gasteiger partial charge in [-0.1, -0.05) is 24.3 Å². The molecule has 144 valence electrons. The number of anilines is 2. The van der Waals surface area contributed by atoms with Crippen molar-refractivity contribution in [3.8, 4) is 0 Å². The van der Waals surface area contributed by atoms with Crippen LogP contribution in [0.5, 0.6) is 0 Å². The number of ether oxygens (including phenoxy) is 2. The lowest BCUT2D eigenvalue weighted by Crippen LogP contribution is -2.39. The molecule has 6 heteroatoms. The summed E-state index contributed by atoms with van der Waals surface area (Å²) in [6.07, 6.45) is 0. The Morgan fingerprint density at radius 2 is 1.93 bits per heavy atom. The van der Waals surface area contributed by atoms with Gasteiger partial charge < -0.3 is 20.1 Å². The summed E-state index contributed by atoms with van der Waals surface area (Å²) < 4.78 is 11.4. The van der Waals surface area contributed by atoms with Gasteiger partial charge in [0.1, 0.15) is 12.4 Å². The highest BCUT2D eigenvalue weighted by atomic mass is 16.5. The topological polar surface area (TPSA) is 62.8 Å². The van der Waals surface area contributed by atoms with Crippen molar-refractivity contribution < 1.29 is 14.3 Å². The Bertz CT molecular complexity index is 948. The predicted molar refractivity (Wildman–Crippen MR) is 109 cm³/mol. The average Bonchev–Trinajstić information content (AvgIpc) is 3.28. The molecule has 3 aliphatic rings. The van der Waals surface area contributed by atoms with Crippen molar-refractivity contribution in [2.24, 2.45) is 0 Å². The minimum Gasteiger partial charge on any atom is -0.487 e. The quantitative estimate of drug-likeness (QED) is 0.803. The summed E-state index contributed by atoms with van der Waals surface area (Å²) in [5, 5.41) is 6.43. The molecule has 1 fully saturated rings. The standard InChI is InChI=1S/C22H23N3O3/c26-22-20(17-3-1-2-4-19(17)24-22)21-18-13-16(6-5-15(18)14-28-21)23-7-8-25-9-11-27-12-10-25/h1-6,13,23H,7-12,14H2,(H,24,26). The fourth-order valence-corrected chi connectivity index (χ4v) is 3.98. The van der Waals surface area contributed by atoms with Crippen LogP contribution in [0.15, 0.2) is 42.5 Å². The molecule has 2 aromatic carbocycles. The van der Waals surface area contributed by atoms with Crippen molar-refractivity contribution in [1.29, 1.82) is 0 Å². The second-order valence-electron chi connectivity index (χ2n) is 7.25. The normalized spacial score (nSPS) is 21.1. The molecule has 0 aliphatic carbocycles. The second kappa shape index (κ2) is 7.30. The molecule has 3 heterocycles. The first-order chi connectivity index (χ1) is 13.8. The van der Waals surface area contributed by atoms with Crippen molar-refractivity contribution >= 4 is 28.6 Å². The van der Waals surface area contributed by atoms with Crippen molar-refractivity contribution in [2.75, 3.05) is 50.0 Å². The molecule has 2 N–H and O–H groups in total. The van der Waals surface area contributed by atoms with Crippen molar-refractivity contribution in [3.05, 3.63) is 59.2 Å². The minimum absolute atomic E-state index is 0.102. The van der Waals surface area contributed by atoms with E-state index < -0.39 is 0 Å². The first kappa shape index (κ1) is 17.3. The van der Waals surface area contributed by atoms with Crippen LogP contribution in [0.4, 0.5) is 11.4 Å². The molecule has 0 aromatic heterocycles. The van der Waals surface area contributed by atoms with Gasteiger partial charge in [-0.2, -0.15) is 0 Å². The molecular formula is C22H23N3O3. The highest BCUT2D eigenvalue weighted by Gasteiger charge is 2.32. The minimum atomic E-state index is -0.102. The Morgan fingerprint density at radius 3 is 2.82 bits per heavy atom. The number of amides is 1. The third-order valence-corrected chi connectivity index (χ3v) is 5.49. The number of carbonyl (C=O) groups excluding carboxylic acids is 1. The van der Waals surface area contributed by atoms with Gasteiger partial charge in [0, 0.05) is 54.2 Å². The number of carbonyl (C=O) groups is 1. The number of nitrogens with one attached hydrogen (secondary N) is 2. The predicted octanol–water partition coefficient (Wildman–Crippen LogP) is 2.78. The maximum absolute atomic E-state index is 12.6. The monoisotopic (exact) mass is 377 g/mol. The van der Waals surface area contributed by atoms with Gasteiger partial charge in [0.2, 0.25) is 0 Å². The number of benzene rings is 2. The molecule has 3 aliphatic heterocycles. The summed E-state index contributed by atoms with van der Waals surface area (Å²) >= 11 is 0. The molecule has 28 heavy (non-hydrogen) atoms. The van der Waals surface area contributed by atoms with E-state index in [-0.39, 0.29) is 5.91 Å². The smallest absolute Gasteiger partial charge is 0.260 e. The Hall–Kier alpha value is -2.83. The van der Waals surface area contributed by atoms with Crippen LogP contribution in [0.1, 0.15) is 16.7 Å². The van der Waals surface area contributed by atoms with Gasteiger partial charge >= 0.3 is 0 Å². The number of fused-ring (bicyclic) bond motifs is 2. The van der Waals surface area contributed by atoms with Crippen molar-refractivity contribution in [2.45, 2.75) is 6.61 Å². The zero-order valence-electron chi connectivity index (χ0n) is 15.7. The van der Waals surface area contributed by atoms with Crippen LogP contribution in [0.2, 0.25) is 0 Å². The average molecular weight is 377 g/mol. The number of rotatable bonds is 4. The third-order valence-electron chi connectivity index (χ3n) is 5.49. The second-order valence-corrected chi connectivity index (χ2v) is 7.25. The summed E-state index contributed by atoms with van der Waals surface area (Å²) in [7, 11) is 0. The zero-order chi connectivity index (χ0) is 18.9. The molecule has 0 atom stereocenters. The molecule has 1 amide bonds. The molecule has 0 bridgehead atoms. The van der Waals surface area contributed by atoms with E-state index in [1.165, 1.54) is 0 Å². The Morgan fingerprint density at radius 1 is 1.07 bits per heavy atom. The van der Waals surface area contributed by atoms with Gasteiger partial charge in [0.15, 0.2) is 0 Å². The van der Waals surface area contributed by atoms with E-state index in [4.69, 9.17) is 9.47 Å². The highest BCUT2D eigenvalue weighted by molar-refractivity contribution is 6.36. The van der Waals surface area contributed by atoms with Crippen LogP contribution in [0.25, 0.3) is 11.3 Å². The third kappa shape index (κ3) is 3.15. The Labute approximate surface area is 164 Å². The van der Waals surface area contributed by atoms with Crippen LogP contribution in [0.3, 0.4) is 0 Å². The van der Waals surface area contributed by atoms with E-state index in [1.54, 1.807) is 0 Å². The number of hydrogen-bond donors (Lipinski definition) is 2. The fourth-order valence-electron chi connectivity index (χ4n) is 3.98. The number of morpholine rings is 1. The van der Waals surface area contributed by atoms with Gasteiger partial charge in [-0.3, -0.25) is 9.69 Å². The maximum atomic E-state index is 12.6. The van der Waals surface area contributed by atoms with Crippen molar-refractivity contribution in [1.82, 2.24) is 4.90 Å². The van der Waals surface area contributed by atoms with Gasteiger partial charge in [-0.15, -0.1) is 0 Å². The SMILES string of the molecule is O=C1Nc2ccccc2C1=C1OCc2ccc(NCCN3CCOCC3)cc21. The molecular weight excluding hydrogens is 354 g/mol. The van der Waals surface area contributed by atoms with Crippen LogP contribution >= 0.6 is 0 Å². The lowest BCUT2D eigenvalue weighted by Gasteiger charge is -2.26. The molecule has 0 radical (unpaired) electrons. The summed E-state index contributed by atoms with van der Waals surface area (Å²) in [6.45, 7) is 5.97. The van der Waals surface area contributed by atoms with Gasteiger partial charge in [-0.25, -0.2) is 0 Å². The molecule has 5 rings (SSSR count). The van der Waals surface area contributed by atoms with Crippen molar-refractivity contribution in [3.63, 3.8) is 0 Å². The highest BCUT2D eigenvalue weighted by Crippen LogP contribution is 2.42. The lowest BCUT2D eigenvalue weighted by atomic mass is 10.00. The van der Waals surface area contributed by atoms with E-state index in [2.05, 4.69) is 33.7 Å². The zero-order valence-corrected chi connectivity index (χ0v) is 15.7. The number of para-hydroxylation sites is 1. The summed E-state index contributed by atoms with van der Waals surface area (Å²) in [5.41, 5.74) is 5.52. The van der Waals surface area contributed by atoms with E-state index in [1.807, 2.05) is 24.3 Å². The van der Waals surface area contributed by atoms with E-state index >= 15 is 0 Å². The first-order valence-corrected chi connectivity index (χ1v) is 9.75. The maximum Gasteiger partial charge on any atom is 0.260 e. The first-order valence-electron chi connectivity index (χ1n) is 9.75. The van der Waals surface area contributed by atoms with E-state index in [0.29, 0.717) is 17.9 Å². The summed E-state index contributed by atoms with van der Waals surface area (Å²) in [5.74, 6) is 0.573. The Balaban J connectivity index is 1.38. The van der Waals surface area contributed by atoms with Crippen LogP contribution in [-0.4, -0.2) is 50.2 Å². The van der Waals surface area contributed by atoms with E-state index in [9.17, 15) is 4.79 Å². The molecule has 0 unspecified atom stereocenters. The molecule has 0 spiro atoms. The van der Waals surface area contributed by atoms with Crippen LogP contribution in [0, 0.1) is 0 Å². The van der Waals surface area contributed by atoms with Gasteiger partial charge in [0.25, 0.3) is 5.91 Å².